The molecule has 2 N–H and O–H groups in total. The molecule has 0 radical (unpaired) electrons. The lowest BCUT2D eigenvalue weighted by Gasteiger charge is -2.04. The molecule has 8 heteroatoms. The standard InChI is InChI=1S/C13H17N3O4S/c1-14-21(17,18)13-4-3-11(20-13)9-15-8-10-5-6-16-12(7-10)19-2/h3-7,14-15H,8-9H2,1-2H3. The van der Waals surface area contributed by atoms with Crippen molar-refractivity contribution < 1.29 is 17.6 Å². The second-order valence-corrected chi connectivity index (χ2v) is 6.06. The van der Waals surface area contributed by atoms with Crippen LogP contribution in [0.1, 0.15) is 11.3 Å². The molecule has 0 aliphatic rings. The van der Waals surface area contributed by atoms with Gasteiger partial charge in [0, 0.05) is 18.8 Å². The maximum Gasteiger partial charge on any atom is 0.273 e. The summed E-state index contributed by atoms with van der Waals surface area (Å²) in [6, 6.07) is 6.75. The van der Waals surface area contributed by atoms with Gasteiger partial charge in [-0.15, -0.1) is 0 Å². The molecule has 0 saturated heterocycles. The van der Waals surface area contributed by atoms with Crippen LogP contribution in [0.25, 0.3) is 0 Å². The van der Waals surface area contributed by atoms with Crippen molar-refractivity contribution in [2.45, 2.75) is 18.2 Å². The normalized spacial score (nSPS) is 11.5. The van der Waals surface area contributed by atoms with Crippen molar-refractivity contribution in [1.82, 2.24) is 15.0 Å². The van der Waals surface area contributed by atoms with Gasteiger partial charge in [0.25, 0.3) is 10.0 Å². The first-order chi connectivity index (χ1) is 10.0. The Morgan fingerprint density at radius 2 is 2.10 bits per heavy atom. The van der Waals surface area contributed by atoms with Gasteiger partial charge in [-0.05, 0) is 30.8 Å². The topological polar surface area (TPSA) is 93.5 Å². The predicted molar refractivity (Wildman–Crippen MR) is 76.3 cm³/mol. The molecule has 2 aromatic heterocycles. The zero-order valence-electron chi connectivity index (χ0n) is 11.8. The molecule has 0 atom stereocenters. The van der Waals surface area contributed by atoms with Gasteiger partial charge in [-0.2, -0.15) is 0 Å². The lowest BCUT2D eigenvalue weighted by molar-refractivity contribution is 0.395. The summed E-state index contributed by atoms with van der Waals surface area (Å²) in [5.74, 6) is 1.10. The minimum Gasteiger partial charge on any atom is -0.481 e. The van der Waals surface area contributed by atoms with Gasteiger partial charge in [-0.3, -0.25) is 0 Å². The number of nitrogens with zero attached hydrogens (tertiary/aromatic N) is 1. The Morgan fingerprint density at radius 3 is 2.81 bits per heavy atom. The van der Waals surface area contributed by atoms with E-state index >= 15 is 0 Å². The number of rotatable bonds is 7. The molecule has 7 nitrogen and oxygen atoms in total. The summed E-state index contributed by atoms with van der Waals surface area (Å²) in [7, 11) is -0.631. The molecule has 0 aliphatic heterocycles. The summed E-state index contributed by atoms with van der Waals surface area (Å²) in [6.45, 7) is 1.01. The Balaban J connectivity index is 1.92. The van der Waals surface area contributed by atoms with E-state index in [1.807, 2.05) is 12.1 Å². The van der Waals surface area contributed by atoms with Crippen LogP contribution < -0.4 is 14.8 Å². The first-order valence-corrected chi connectivity index (χ1v) is 7.75. The Labute approximate surface area is 123 Å². The minimum absolute atomic E-state index is 0.0904. The van der Waals surface area contributed by atoms with E-state index in [9.17, 15) is 8.42 Å². The molecule has 0 aliphatic carbocycles. The molecule has 0 fully saturated rings. The molecule has 2 aromatic rings. The lowest BCUT2D eigenvalue weighted by Crippen LogP contribution is -2.17. The summed E-state index contributed by atoms with van der Waals surface area (Å²) in [6.07, 6.45) is 1.67. The third-order valence-corrected chi connectivity index (χ3v) is 4.09. The van der Waals surface area contributed by atoms with Gasteiger partial charge in [0.2, 0.25) is 11.0 Å². The number of hydrogen-bond donors (Lipinski definition) is 2. The number of nitrogens with one attached hydrogen (secondary N) is 2. The van der Waals surface area contributed by atoms with Gasteiger partial charge in [-0.25, -0.2) is 18.1 Å². The highest BCUT2D eigenvalue weighted by Gasteiger charge is 2.15. The SMILES string of the molecule is CNS(=O)(=O)c1ccc(CNCc2ccnc(OC)c2)o1. The van der Waals surface area contributed by atoms with Crippen LogP contribution in [0.3, 0.4) is 0 Å². The largest absolute Gasteiger partial charge is 0.481 e. The molecular weight excluding hydrogens is 294 g/mol. The van der Waals surface area contributed by atoms with Crippen LogP contribution in [0.5, 0.6) is 5.88 Å². The zero-order valence-corrected chi connectivity index (χ0v) is 12.6. The Kier molecular flexibility index (Phi) is 4.94. The van der Waals surface area contributed by atoms with E-state index in [1.54, 1.807) is 19.4 Å². The van der Waals surface area contributed by atoms with Crippen LogP contribution in [0.2, 0.25) is 0 Å². The first-order valence-electron chi connectivity index (χ1n) is 6.27. The van der Waals surface area contributed by atoms with Crippen LogP contribution in [0.15, 0.2) is 40.0 Å². The van der Waals surface area contributed by atoms with Crippen molar-refractivity contribution in [3.8, 4) is 5.88 Å². The number of furan rings is 1. The van der Waals surface area contributed by atoms with Gasteiger partial charge >= 0.3 is 0 Å². The molecule has 2 heterocycles. The summed E-state index contributed by atoms with van der Waals surface area (Å²) < 4.78 is 35.6. The molecular formula is C13H17N3O4S. The van der Waals surface area contributed by atoms with Crippen molar-refractivity contribution in [3.05, 3.63) is 41.8 Å². The maximum atomic E-state index is 11.5. The highest BCUT2D eigenvalue weighted by molar-refractivity contribution is 7.89. The van der Waals surface area contributed by atoms with Crippen LogP contribution in [-0.2, 0) is 23.1 Å². The molecule has 0 amide bonds. The van der Waals surface area contributed by atoms with Gasteiger partial charge in [-0.1, -0.05) is 0 Å². The quantitative estimate of drug-likeness (QED) is 0.788. The molecule has 0 bridgehead atoms. The van der Waals surface area contributed by atoms with E-state index in [4.69, 9.17) is 9.15 Å². The van der Waals surface area contributed by atoms with Crippen molar-refractivity contribution in [2.75, 3.05) is 14.2 Å². The first kappa shape index (κ1) is 15.5. The fourth-order valence-corrected chi connectivity index (χ4v) is 2.37. The summed E-state index contributed by atoms with van der Waals surface area (Å²) >= 11 is 0. The van der Waals surface area contributed by atoms with Crippen molar-refractivity contribution in [2.24, 2.45) is 0 Å². The second kappa shape index (κ2) is 6.70. The molecule has 0 saturated carbocycles. The Bertz CT molecular complexity index is 697. The molecule has 21 heavy (non-hydrogen) atoms. The van der Waals surface area contributed by atoms with E-state index in [-0.39, 0.29) is 5.09 Å². The van der Waals surface area contributed by atoms with Crippen molar-refractivity contribution in [3.63, 3.8) is 0 Å². The van der Waals surface area contributed by atoms with E-state index in [0.717, 1.165) is 5.56 Å². The third kappa shape index (κ3) is 4.03. The van der Waals surface area contributed by atoms with E-state index in [2.05, 4.69) is 15.0 Å². The number of aromatic nitrogens is 1. The number of ether oxygens (including phenoxy) is 1. The van der Waals surface area contributed by atoms with E-state index in [1.165, 1.54) is 13.1 Å². The molecule has 0 aromatic carbocycles. The highest BCUT2D eigenvalue weighted by atomic mass is 32.2. The summed E-state index contributed by atoms with van der Waals surface area (Å²) in [5.41, 5.74) is 1.01. The average molecular weight is 311 g/mol. The summed E-state index contributed by atoms with van der Waals surface area (Å²) in [5, 5.41) is 3.07. The molecule has 0 spiro atoms. The third-order valence-electron chi connectivity index (χ3n) is 2.81. The molecule has 114 valence electrons. The van der Waals surface area contributed by atoms with Gasteiger partial charge < -0.3 is 14.5 Å². The second-order valence-electron chi connectivity index (χ2n) is 4.24. The van der Waals surface area contributed by atoms with Gasteiger partial charge in [0.15, 0.2) is 0 Å². The number of pyridine rings is 1. The van der Waals surface area contributed by atoms with Gasteiger partial charge in [0.1, 0.15) is 5.76 Å². The van der Waals surface area contributed by atoms with Crippen LogP contribution in [-0.4, -0.2) is 27.6 Å². The van der Waals surface area contributed by atoms with Crippen LogP contribution >= 0.6 is 0 Å². The number of sulfonamides is 1. The van der Waals surface area contributed by atoms with Gasteiger partial charge in [0.05, 0.1) is 13.7 Å². The highest BCUT2D eigenvalue weighted by Crippen LogP contribution is 2.13. The van der Waals surface area contributed by atoms with Crippen molar-refractivity contribution in [1.29, 1.82) is 0 Å². The summed E-state index contributed by atoms with van der Waals surface area (Å²) in [4.78, 5) is 4.02. The monoisotopic (exact) mass is 311 g/mol. The molecule has 2 rings (SSSR count). The van der Waals surface area contributed by atoms with Crippen LogP contribution in [0, 0.1) is 0 Å². The smallest absolute Gasteiger partial charge is 0.273 e. The maximum absolute atomic E-state index is 11.5. The Morgan fingerprint density at radius 1 is 1.29 bits per heavy atom. The Hall–Kier alpha value is -1.90. The fraction of sp³-hybridized carbons (Fsp3) is 0.308. The lowest BCUT2D eigenvalue weighted by atomic mass is 10.2. The molecule has 0 unspecified atom stereocenters. The zero-order chi connectivity index (χ0) is 15.3. The number of methoxy groups -OCH3 is 1. The van der Waals surface area contributed by atoms with E-state index in [0.29, 0.717) is 24.7 Å². The minimum atomic E-state index is -3.53. The number of hydrogen-bond acceptors (Lipinski definition) is 6. The van der Waals surface area contributed by atoms with Crippen molar-refractivity contribution >= 4 is 10.0 Å². The predicted octanol–water partition coefficient (Wildman–Crippen LogP) is 0.881. The van der Waals surface area contributed by atoms with E-state index < -0.39 is 10.0 Å². The van der Waals surface area contributed by atoms with Crippen LogP contribution in [0.4, 0.5) is 0 Å². The average Bonchev–Trinajstić information content (AvgIpc) is 2.97. The fourth-order valence-electron chi connectivity index (χ4n) is 1.70.